The van der Waals surface area contributed by atoms with Crippen LogP contribution < -0.4 is 14.8 Å². The van der Waals surface area contributed by atoms with Crippen molar-refractivity contribution in [1.82, 2.24) is 5.32 Å². The summed E-state index contributed by atoms with van der Waals surface area (Å²) in [6, 6.07) is 11.0. The fraction of sp³-hybridized carbons (Fsp3) is 0.350. The minimum Gasteiger partial charge on any atom is -0.493 e. The normalized spacial score (nSPS) is 16.2. The maximum atomic E-state index is 6.19. The lowest BCUT2D eigenvalue weighted by Gasteiger charge is -2.16. The maximum absolute atomic E-state index is 6.19. The molecule has 1 heterocycles. The largest absolute Gasteiger partial charge is 0.493 e. The van der Waals surface area contributed by atoms with Gasteiger partial charge in [-0.25, -0.2) is 0 Å². The van der Waals surface area contributed by atoms with Crippen molar-refractivity contribution >= 4 is 40.4 Å². The monoisotopic (exact) mass is 425 g/mol. The highest BCUT2D eigenvalue weighted by Crippen LogP contribution is 2.31. The number of rotatable bonds is 7. The minimum absolute atomic E-state index is 0.229. The second kappa shape index (κ2) is 9.60. The molecule has 2 aromatic carbocycles. The molecule has 2 aromatic rings. The van der Waals surface area contributed by atoms with Gasteiger partial charge in [-0.1, -0.05) is 41.5 Å². The Morgan fingerprint density at radius 2 is 2.00 bits per heavy atom. The predicted molar refractivity (Wildman–Crippen MR) is 112 cm³/mol. The summed E-state index contributed by atoms with van der Waals surface area (Å²) >= 11 is 17.9. The van der Waals surface area contributed by atoms with Crippen molar-refractivity contribution in [3.63, 3.8) is 0 Å². The van der Waals surface area contributed by atoms with Gasteiger partial charge in [0.1, 0.15) is 11.6 Å². The quantitative estimate of drug-likeness (QED) is 0.630. The minimum atomic E-state index is 0.229. The number of hydrogen-bond donors (Lipinski definition) is 1. The van der Waals surface area contributed by atoms with Crippen LogP contribution in [0.15, 0.2) is 36.4 Å². The summed E-state index contributed by atoms with van der Waals surface area (Å²) in [4.78, 5) is 0.657. The first kappa shape index (κ1) is 20.2. The molecule has 1 fully saturated rings. The van der Waals surface area contributed by atoms with Gasteiger partial charge in [-0.2, -0.15) is 0 Å². The lowest BCUT2D eigenvalue weighted by Crippen LogP contribution is -2.31. The lowest BCUT2D eigenvalue weighted by atomic mass is 10.2. The number of methoxy groups -OCH3 is 1. The van der Waals surface area contributed by atoms with Gasteiger partial charge < -0.3 is 19.5 Å². The molecule has 144 valence electrons. The summed E-state index contributed by atoms with van der Waals surface area (Å²) < 4.78 is 16.9. The Morgan fingerprint density at radius 3 is 2.67 bits per heavy atom. The molecule has 0 unspecified atom stereocenters. The van der Waals surface area contributed by atoms with E-state index in [0.717, 1.165) is 30.6 Å². The maximum Gasteiger partial charge on any atom is 0.161 e. The van der Waals surface area contributed by atoms with Gasteiger partial charge in [-0.05, 0) is 43.2 Å². The van der Waals surface area contributed by atoms with Gasteiger partial charge in [-0.3, -0.25) is 0 Å². The summed E-state index contributed by atoms with van der Waals surface area (Å²) in [6.07, 6.45) is 2.40. The van der Waals surface area contributed by atoms with E-state index < -0.39 is 0 Å². The number of nitrogens with one attached hydrogen (secondary N) is 1. The molecule has 0 aliphatic carbocycles. The Labute approximate surface area is 174 Å². The second-order valence-corrected chi connectivity index (χ2v) is 7.42. The highest BCUT2D eigenvalue weighted by molar-refractivity contribution is 7.80. The first-order valence-electron chi connectivity index (χ1n) is 8.72. The molecule has 1 aliphatic heterocycles. The van der Waals surface area contributed by atoms with E-state index in [1.165, 1.54) is 0 Å². The average Bonchev–Trinajstić information content (AvgIpc) is 3.19. The van der Waals surface area contributed by atoms with E-state index in [0.29, 0.717) is 33.1 Å². The zero-order chi connectivity index (χ0) is 19.2. The van der Waals surface area contributed by atoms with Crippen molar-refractivity contribution in [2.24, 2.45) is 0 Å². The lowest BCUT2D eigenvalue weighted by molar-refractivity contribution is 0.114. The molecule has 0 amide bonds. The number of ether oxygens (including phenoxy) is 3. The van der Waals surface area contributed by atoms with Gasteiger partial charge in [0, 0.05) is 34.3 Å². The Kier molecular flexibility index (Phi) is 7.19. The molecule has 1 atom stereocenters. The van der Waals surface area contributed by atoms with Crippen LogP contribution in [0.5, 0.6) is 11.5 Å². The van der Waals surface area contributed by atoms with Crippen LogP contribution in [0.4, 0.5) is 0 Å². The standard InChI is InChI=1S/C20H21Cl2NO3S/c1-24-19-10-13(20(27)23-11-14-4-3-9-25-14)7-8-18(19)26-12-15-16(21)5-2-6-17(15)22/h2,5-8,10,14H,3-4,9,11-12H2,1H3,(H,23,27)/t14-/m0/s1. The third-order valence-corrected chi connectivity index (χ3v) is 5.46. The van der Waals surface area contributed by atoms with Crippen molar-refractivity contribution in [1.29, 1.82) is 0 Å². The molecule has 7 heteroatoms. The number of benzene rings is 2. The fourth-order valence-electron chi connectivity index (χ4n) is 2.86. The fourth-order valence-corrected chi connectivity index (χ4v) is 3.58. The van der Waals surface area contributed by atoms with Crippen LogP contribution in [0, 0.1) is 0 Å². The van der Waals surface area contributed by atoms with Crippen LogP contribution in [0.2, 0.25) is 10.0 Å². The van der Waals surface area contributed by atoms with E-state index in [1.807, 2.05) is 18.2 Å². The van der Waals surface area contributed by atoms with Crippen molar-refractivity contribution in [2.75, 3.05) is 20.3 Å². The Morgan fingerprint density at radius 1 is 1.22 bits per heavy atom. The van der Waals surface area contributed by atoms with Crippen molar-refractivity contribution < 1.29 is 14.2 Å². The topological polar surface area (TPSA) is 39.7 Å². The number of thiocarbonyl (C=S) groups is 1. The van der Waals surface area contributed by atoms with Crippen LogP contribution in [0.3, 0.4) is 0 Å². The van der Waals surface area contributed by atoms with Crippen LogP contribution in [-0.2, 0) is 11.3 Å². The van der Waals surface area contributed by atoms with E-state index in [1.54, 1.807) is 25.3 Å². The summed E-state index contributed by atoms with van der Waals surface area (Å²) in [5.74, 6) is 1.19. The SMILES string of the molecule is COc1cc(C(=S)NC[C@@H]2CCCO2)ccc1OCc1c(Cl)cccc1Cl. The summed E-state index contributed by atoms with van der Waals surface area (Å²) in [6.45, 7) is 1.79. The van der Waals surface area contributed by atoms with E-state index in [9.17, 15) is 0 Å². The van der Waals surface area contributed by atoms with Crippen LogP contribution >= 0.6 is 35.4 Å². The van der Waals surface area contributed by atoms with Gasteiger partial charge in [0.2, 0.25) is 0 Å². The van der Waals surface area contributed by atoms with E-state index in [-0.39, 0.29) is 12.7 Å². The van der Waals surface area contributed by atoms with Gasteiger partial charge in [-0.15, -0.1) is 0 Å². The van der Waals surface area contributed by atoms with E-state index in [4.69, 9.17) is 49.6 Å². The van der Waals surface area contributed by atoms with E-state index >= 15 is 0 Å². The molecule has 4 nitrogen and oxygen atoms in total. The first-order chi connectivity index (χ1) is 13.1. The zero-order valence-corrected chi connectivity index (χ0v) is 17.3. The van der Waals surface area contributed by atoms with Gasteiger partial charge >= 0.3 is 0 Å². The smallest absolute Gasteiger partial charge is 0.161 e. The molecule has 0 aromatic heterocycles. The summed E-state index contributed by atoms with van der Waals surface area (Å²) in [5, 5.41) is 4.39. The first-order valence-corrected chi connectivity index (χ1v) is 9.88. The van der Waals surface area contributed by atoms with Crippen molar-refractivity contribution in [3.8, 4) is 11.5 Å². The molecule has 0 radical (unpaired) electrons. The Bertz CT molecular complexity index is 790. The highest BCUT2D eigenvalue weighted by Gasteiger charge is 2.16. The predicted octanol–water partition coefficient (Wildman–Crippen LogP) is 5.03. The number of hydrogen-bond acceptors (Lipinski definition) is 4. The summed E-state index contributed by atoms with van der Waals surface area (Å²) in [5.41, 5.74) is 1.60. The molecule has 1 aliphatic rings. The summed E-state index contributed by atoms with van der Waals surface area (Å²) in [7, 11) is 1.59. The van der Waals surface area contributed by atoms with Crippen LogP contribution in [0.25, 0.3) is 0 Å². The second-order valence-electron chi connectivity index (χ2n) is 6.20. The molecule has 27 heavy (non-hydrogen) atoms. The van der Waals surface area contributed by atoms with E-state index in [2.05, 4.69) is 5.32 Å². The molecule has 0 bridgehead atoms. The van der Waals surface area contributed by atoms with Crippen LogP contribution in [-0.4, -0.2) is 31.4 Å². The molecule has 3 rings (SSSR count). The Hall–Kier alpha value is -1.53. The van der Waals surface area contributed by atoms with Crippen LogP contribution in [0.1, 0.15) is 24.0 Å². The Balaban J connectivity index is 1.65. The third-order valence-electron chi connectivity index (χ3n) is 4.37. The van der Waals surface area contributed by atoms with Crippen molar-refractivity contribution in [3.05, 3.63) is 57.6 Å². The molecule has 0 saturated carbocycles. The number of halogens is 2. The van der Waals surface area contributed by atoms with Crippen molar-refractivity contribution in [2.45, 2.75) is 25.6 Å². The third kappa shape index (κ3) is 5.26. The van der Waals surface area contributed by atoms with Gasteiger partial charge in [0.05, 0.1) is 13.2 Å². The molecule has 1 N–H and O–H groups in total. The zero-order valence-electron chi connectivity index (χ0n) is 15.0. The van der Waals surface area contributed by atoms with Gasteiger partial charge in [0.15, 0.2) is 11.5 Å². The highest BCUT2D eigenvalue weighted by atomic mass is 35.5. The average molecular weight is 426 g/mol. The molecule has 0 spiro atoms. The molecule has 1 saturated heterocycles. The van der Waals surface area contributed by atoms with Gasteiger partial charge in [0.25, 0.3) is 0 Å². The molecular weight excluding hydrogens is 405 g/mol. The molecular formula is C20H21Cl2NO3S.